The molecule has 2 heterocycles. The number of guanidine groups is 1. The lowest BCUT2D eigenvalue weighted by molar-refractivity contribution is -0.124. The van der Waals surface area contributed by atoms with Crippen LogP contribution in [-0.4, -0.2) is 62.7 Å². The quantitative estimate of drug-likeness (QED) is 0.220. The molecule has 4 atom stereocenters. The number of alkyl halides is 1. The van der Waals surface area contributed by atoms with Gasteiger partial charge in [0.15, 0.2) is 5.96 Å². The van der Waals surface area contributed by atoms with Gasteiger partial charge in [-0.05, 0) is 58.3 Å². The van der Waals surface area contributed by atoms with Crippen molar-refractivity contribution >= 4 is 11.9 Å². The first-order chi connectivity index (χ1) is 14.6. The monoisotopic (exact) mass is 428 g/mol. The van der Waals surface area contributed by atoms with Gasteiger partial charge in [-0.25, -0.2) is 15.3 Å². The Hall–Kier alpha value is -1.33. The van der Waals surface area contributed by atoms with Crippen LogP contribution >= 0.6 is 0 Å². The Balaban J connectivity index is 1.52. The molecular formula is C20H37FN6O3. The molecule has 30 heavy (non-hydrogen) atoms. The molecule has 0 aromatic heterocycles. The number of hydrogen-bond acceptors (Lipinski definition) is 7. The standard InChI is InChI=1S/C20H37FN6O3/c1-3-29-10-4-9-22-20(25-19(28)16-12-23-30-13(16)2)24-18-11-17(26-27-18)14-5-7-15(21)8-6-14/h13-18,23,26-27H,3-12H2,1-2H3,(H2,22,24,25,28). The van der Waals surface area contributed by atoms with Gasteiger partial charge >= 0.3 is 0 Å². The van der Waals surface area contributed by atoms with E-state index in [-0.39, 0.29) is 30.1 Å². The van der Waals surface area contributed by atoms with Crippen LogP contribution in [0.2, 0.25) is 0 Å². The molecule has 10 heteroatoms. The van der Waals surface area contributed by atoms with Crippen LogP contribution in [0.25, 0.3) is 0 Å². The number of amides is 1. The summed E-state index contributed by atoms with van der Waals surface area (Å²) in [5, 5.41) is 6.25. The third-order valence-corrected chi connectivity index (χ3v) is 6.15. The lowest BCUT2D eigenvalue weighted by Gasteiger charge is -2.28. The molecule has 9 nitrogen and oxygen atoms in total. The number of hydroxylamine groups is 1. The van der Waals surface area contributed by atoms with Crippen molar-refractivity contribution in [2.45, 2.75) is 76.9 Å². The molecule has 0 aromatic carbocycles. The first kappa shape index (κ1) is 23.3. The predicted molar refractivity (Wildman–Crippen MR) is 112 cm³/mol. The van der Waals surface area contributed by atoms with Gasteiger partial charge in [0, 0.05) is 32.3 Å². The molecule has 3 fully saturated rings. The van der Waals surface area contributed by atoms with E-state index >= 15 is 0 Å². The van der Waals surface area contributed by atoms with Crippen molar-refractivity contribution in [2.75, 3.05) is 26.3 Å². The van der Waals surface area contributed by atoms with Crippen molar-refractivity contribution in [3.63, 3.8) is 0 Å². The first-order valence-corrected chi connectivity index (χ1v) is 11.3. The van der Waals surface area contributed by atoms with Crippen LogP contribution in [-0.2, 0) is 14.4 Å². The predicted octanol–water partition coefficient (Wildman–Crippen LogP) is 0.735. The Labute approximate surface area is 178 Å². The molecule has 2 saturated heterocycles. The van der Waals surface area contributed by atoms with Crippen molar-refractivity contribution in [1.82, 2.24) is 27.0 Å². The Morgan fingerprint density at radius 3 is 2.77 bits per heavy atom. The number of halogens is 1. The number of ether oxygens (including phenoxy) is 1. The Morgan fingerprint density at radius 1 is 1.27 bits per heavy atom. The minimum Gasteiger partial charge on any atom is -0.382 e. The summed E-state index contributed by atoms with van der Waals surface area (Å²) in [6.45, 7) is 6.19. The fraction of sp³-hybridized carbons (Fsp3) is 0.900. The molecule has 4 unspecified atom stereocenters. The van der Waals surface area contributed by atoms with E-state index in [4.69, 9.17) is 9.57 Å². The van der Waals surface area contributed by atoms with E-state index in [0.29, 0.717) is 51.0 Å². The molecular weight excluding hydrogens is 391 g/mol. The number of carbonyl (C=O) groups excluding carboxylic acids is 1. The number of nitrogens with zero attached hydrogens (tertiary/aromatic N) is 1. The van der Waals surface area contributed by atoms with E-state index in [1.165, 1.54) is 0 Å². The number of hydrazine groups is 1. The van der Waals surface area contributed by atoms with Gasteiger partial charge in [-0.3, -0.25) is 25.4 Å². The molecule has 3 rings (SSSR count). The third kappa shape index (κ3) is 6.84. The molecule has 5 N–H and O–H groups in total. The topological polar surface area (TPSA) is 108 Å². The smallest absolute Gasteiger partial charge is 0.233 e. The molecule has 2 aliphatic heterocycles. The van der Waals surface area contributed by atoms with Gasteiger partial charge in [-0.1, -0.05) is 0 Å². The molecule has 1 aliphatic carbocycles. The van der Waals surface area contributed by atoms with E-state index in [9.17, 15) is 9.18 Å². The first-order valence-electron chi connectivity index (χ1n) is 11.3. The highest BCUT2D eigenvalue weighted by Crippen LogP contribution is 2.30. The average molecular weight is 429 g/mol. The largest absolute Gasteiger partial charge is 0.382 e. The Morgan fingerprint density at radius 2 is 2.07 bits per heavy atom. The summed E-state index contributed by atoms with van der Waals surface area (Å²) in [5.41, 5.74) is 9.38. The van der Waals surface area contributed by atoms with Crippen LogP contribution in [0, 0.1) is 11.8 Å². The average Bonchev–Trinajstić information content (AvgIpc) is 3.37. The highest BCUT2D eigenvalue weighted by atomic mass is 19.1. The fourth-order valence-electron chi connectivity index (χ4n) is 4.29. The van der Waals surface area contributed by atoms with E-state index < -0.39 is 6.17 Å². The number of rotatable bonds is 8. The molecule has 0 aromatic rings. The van der Waals surface area contributed by atoms with Crippen molar-refractivity contribution in [3.8, 4) is 0 Å². The SMILES string of the molecule is CCOCCCN=C(NC(=O)C1CNOC1C)NC1CC(C2CCC(F)CC2)NN1. The maximum Gasteiger partial charge on any atom is 0.233 e. The van der Waals surface area contributed by atoms with Crippen LogP contribution in [0.5, 0.6) is 0 Å². The fourth-order valence-corrected chi connectivity index (χ4v) is 4.29. The highest BCUT2D eigenvalue weighted by molar-refractivity contribution is 5.98. The number of aliphatic imine (C=N–C) groups is 1. The summed E-state index contributed by atoms with van der Waals surface area (Å²) in [4.78, 5) is 22.5. The minimum absolute atomic E-state index is 0.0561. The molecule has 0 radical (unpaired) electrons. The van der Waals surface area contributed by atoms with Gasteiger partial charge in [0.1, 0.15) is 6.17 Å². The van der Waals surface area contributed by atoms with Gasteiger partial charge in [0.05, 0.1) is 18.2 Å². The van der Waals surface area contributed by atoms with Crippen LogP contribution in [0.15, 0.2) is 4.99 Å². The summed E-state index contributed by atoms with van der Waals surface area (Å²) < 4.78 is 18.8. The molecule has 1 amide bonds. The van der Waals surface area contributed by atoms with Gasteiger partial charge in [-0.2, -0.15) is 0 Å². The number of carbonyl (C=O) groups is 1. The van der Waals surface area contributed by atoms with Crippen LogP contribution in [0.3, 0.4) is 0 Å². The Kier molecular flexibility index (Phi) is 9.26. The van der Waals surface area contributed by atoms with Crippen molar-refractivity contribution in [1.29, 1.82) is 0 Å². The van der Waals surface area contributed by atoms with E-state index in [2.05, 4.69) is 32.0 Å². The van der Waals surface area contributed by atoms with E-state index in [0.717, 1.165) is 25.7 Å². The van der Waals surface area contributed by atoms with Crippen LogP contribution < -0.4 is 27.0 Å². The second-order valence-electron chi connectivity index (χ2n) is 8.39. The zero-order valence-corrected chi connectivity index (χ0v) is 18.1. The van der Waals surface area contributed by atoms with Gasteiger partial charge in [0.2, 0.25) is 5.91 Å². The molecule has 3 aliphatic rings. The summed E-state index contributed by atoms with van der Waals surface area (Å²) in [5.74, 6) is 0.550. The number of nitrogens with one attached hydrogen (secondary N) is 5. The number of hydrogen-bond donors (Lipinski definition) is 5. The van der Waals surface area contributed by atoms with Crippen molar-refractivity contribution < 1.29 is 18.8 Å². The van der Waals surface area contributed by atoms with Gasteiger partial charge in [0.25, 0.3) is 0 Å². The second-order valence-corrected chi connectivity index (χ2v) is 8.39. The third-order valence-electron chi connectivity index (χ3n) is 6.15. The summed E-state index contributed by atoms with van der Waals surface area (Å²) in [7, 11) is 0. The van der Waals surface area contributed by atoms with Crippen molar-refractivity contribution in [3.05, 3.63) is 0 Å². The molecule has 1 saturated carbocycles. The summed E-state index contributed by atoms with van der Waals surface area (Å²) in [6.07, 6.45) is 3.86. The van der Waals surface area contributed by atoms with E-state index in [1.54, 1.807) is 0 Å². The molecule has 172 valence electrons. The van der Waals surface area contributed by atoms with Gasteiger partial charge in [-0.15, -0.1) is 0 Å². The minimum atomic E-state index is -0.647. The lowest BCUT2D eigenvalue weighted by Crippen LogP contribution is -2.52. The molecule has 0 bridgehead atoms. The van der Waals surface area contributed by atoms with E-state index in [1.807, 2.05) is 13.8 Å². The summed E-state index contributed by atoms with van der Waals surface area (Å²) >= 11 is 0. The maximum atomic E-state index is 13.4. The Bertz CT molecular complexity index is 573. The lowest BCUT2D eigenvalue weighted by atomic mass is 9.82. The zero-order valence-electron chi connectivity index (χ0n) is 18.1. The van der Waals surface area contributed by atoms with Crippen molar-refractivity contribution in [2.24, 2.45) is 16.8 Å². The normalized spacial score (nSPS) is 34.8. The maximum absolute atomic E-state index is 13.4. The van der Waals surface area contributed by atoms with Crippen LogP contribution in [0.4, 0.5) is 4.39 Å². The zero-order chi connectivity index (χ0) is 21.3. The summed E-state index contributed by atoms with van der Waals surface area (Å²) in [6, 6.07) is 0.289. The molecule has 0 spiro atoms. The van der Waals surface area contributed by atoms with Crippen LogP contribution in [0.1, 0.15) is 52.4 Å². The highest BCUT2D eigenvalue weighted by Gasteiger charge is 2.35. The second kappa shape index (κ2) is 11.9. The van der Waals surface area contributed by atoms with Gasteiger partial charge < -0.3 is 10.1 Å².